The summed E-state index contributed by atoms with van der Waals surface area (Å²) in [7, 11) is 1.89. The molecule has 0 saturated carbocycles. The molecule has 2 atom stereocenters. The van der Waals surface area contributed by atoms with Crippen molar-refractivity contribution >= 4 is 17.7 Å². The van der Waals surface area contributed by atoms with Crippen LogP contribution < -0.4 is 5.32 Å². The number of hydrogen-bond donors (Lipinski definition) is 1. The van der Waals surface area contributed by atoms with Crippen molar-refractivity contribution in [2.45, 2.75) is 25.5 Å². The summed E-state index contributed by atoms with van der Waals surface area (Å²) in [4.78, 5) is 14.1. The van der Waals surface area contributed by atoms with Crippen LogP contribution in [0.2, 0.25) is 0 Å². The minimum Gasteiger partial charge on any atom is -0.340 e. The van der Waals surface area contributed by atoms with Crippen molar-refractivity contribution in [3.8, 4) is 0 Å². The average molecular weight is 230 g/mol. The average Bonchev–Trinajstić information content (AvgIpc) is 2.28. The van der Waals surface area contributed by atoms with Gasteiger partial charge in [0, 0.05) is 36.6 Å². The molecular formula is C11H22N2OS. The summed E-state index contributed by atoms with van der Waals surface area (Å²) in [5, 5.41) is 3.70. The third kappa shape index (κ3) is 3.68. The van der Waals surface area contributed by atoms with E-state index in [1.165, 1.54) is 0 Å². The molecule has 1 fully saturated rings. The van der Waals surface area contributed by atoms with Crippen LogP contribution in [-0.4, -0.2) is 48.5 Å². The topological polar surface area (TPSA) is 32.3 Å². The molecule has 1 aliphatic rings. The maximum Gasteiger partial charge on any atom is 0.226 e. The Balaban J connectivity index is 2.44. The Morgan fingerprint density at radius 2 is 2.40 bits per heavy atom. The summed E-state index contributed by atoms with van der Waals surface area (Å²) < 4.78 is 0. The Morgan fingerprint density at radius 3 is 3.00 bits per heavy atom. The standard InChI is InChI=1S/C11H22N2OS/c1-4-10-8-13(5-6-15-10)11(14)9(2)7-12-3/h9-10,12H,4-8H2,1-3H3. The van der Waals surface area contributed by atoms with Gasteiger partial charge in [-0.3, -0.25) is 4.79 Å². The van der Waals surface area contributed by atoms with Crippen molar-refractivity contribution in [3.63, 3.8) is 0 Å². The second kappa shape index (κ2) is 6.38. The van der Waals surface area contributed by atoms with Crippen LogP contribution in [0.1, 0.15) is 20.3 Å². The highest BCUT2D eigenvalue weighted by molar-refractivity contribution is 8.00. The molecule has 1 rings (SSSR count). The molecule has 0 aromatic rings. The molecule has 4 heteroatoms. The maximum absolute atomic E-state index is 12.0. The lowest BCUT2D eigenvalue weighted by atomic mass is 10.1. The highest BCUT2D eigenvalue weighted by Gasteiger charge is 2.25. The van der Waals surface area contributed by atoms with Gasteiger partial charge in [0.2, 0.25) is 5.91 Å². The highest BCUT2D eigenvalue weighted by Crippen LogP contribution is 2.22. The lowest BCUT2D eigenvalue weighted by Gasteiger charge is -2.33. The van der Waals surface area contributed by atoms with Crippen LogP contribution in [0.4, 0.5) is 0 Å². The summed E-state index contributed by atoms with van der Waals surface area (Å²) in [5.41, 5.74) is 0. The van der Waals surface area contributed by atoms with Crippen LogP contribution in [0.25, 0.3) is 0 Å². The number of nitrogens with one attached hydrogen (secondary N) is 1. The molecule has 88 valence electrons. The first kappa shape index (κ1) is 12.8. The van der Waals surface area contributed by atoms with Gasteiger partial charge in [0.05, 0.1) is 0 Å². The number of amides is 1. The fraction of sp³-hybridized carbons (Fsp3) is 0.909. The maximum atomic E-state index is 12.0. The molecule has 0 radical (unpaired) electrons. The van der Waals surface area contributed by atoms with Crippen LogP contribution in [0, 0.1) is 5.92 Å². The molecule has 0 aromatic heterocycles. The van der Waals surface area contributed by atoms with Crippen molar-refractivity contribution in [2.24, 2.45) is 5.92 Å². The van der Waals surface area contributed by atoms with E-state index in [0.717, 1.165) is 31.8 Å². The Kier molecular flexibility index (Phi) is 5.47. The fourth-order valence-electron chi connectivity index (χ4n) is 1.87. The van der Waals surface area contributed by atoms with Crippen molar-refractivity contribution in [1.29, 1.82) is 0 Å². The second-order valence-corrected chi connectivity index (χ2v) is 5.55. The van der Waals surface area contributed by atoms with E-state index in [4.69, 9.17) is 0 Å². The predicted octanol–water partition coefficient (Wildman–Crippen LogP) is 1.20. The number of nitrogens with zero attached hydrogens (tertiary/aromatic N) is 1. The van der Waals surface area contributed by atoms with E-state index in [1.54, 1.807) is 0 Å². The number of carbonyl (C=O) groups excluding carboxylic acids is 1. The molecule has 1 N–H and O–H groups in total. The van der Waals surface area contributed by atoms with Gasteiger partial charge in [0.1, 0.15) is 0 Å². The zero-order valence-corrected chi connectivity index (χ0v) is 10.8. The highest BCUT2D eigenvalue weighted by atomic mass is 32.2. The van der Waals surface area contributed by atoms with Gasteiger partial charge in [-0.15, -0.1) is 0 Å². The quantitative estimate of drug-likeness (QED) is 0.787. The second-order valence-electron chi connectivity index (χ2n) is 4.14. The van der Waals surface area contributed by atoms with Gasteiger partial charge in [0.25, 0.3) is 0 Å². The van der Waals surface area contributed by atoms with Crippen LogP contribution in [0.3, 0.4) is 0 Å². The van der Waals surface area contributed by atoms with Crippen molar-refractivity contribution in [3.05, 3.63) is 0 Å². The molecule has 2 unspecified atom stereocenters. The monoisotopic (exact) mass is 230 g/mol. The van der Waals surface area contributed by atoms with Crippen LogP contribution in [0.15, 0.2) is 0 Å². The summed E-state index contributed by atoms with van der Waals surface area (Å²) >= 11 is 2.00. The Hall–Kier alpha value is -0.220. The molecule has 1 saturated heterocycles. The van der Waals surface area contributed by atoms with E-state index in [1.807, 2.05) is 30.6 Å². The van der Waals surface area contributed by atoms with E-state index in [2.05, 4.69) is 12.2 Å². The first-order chi connectivity index (χ1) is 7.19. The lowest BCUT2D eigenvalue weighted by Crippen LogP contribution is -2.45. The molecule has 0 aliphatic carbocycles. The zero-order chi connectivity index (χ0) is 11.3. The van der Waals surface area contributed by atoms with Gasteiger partial charge >= 0.3 is 0 Å². The van der Waals surface area contributed by atoms with Crippen LogP contribution >= 0.6 is 11.8 Å². The fourth-order valence-corrected chi connectivity index (χ4v) is 3.05. The number of rotatable bonds is 4. The smallest absolute Gasteiger partial charge is 0.226 e. The first-order valence-corrected chi connectivity index (χ1v) is 6.78. The van der Waals surface area contributed by atoms with Crippen molar-refractivity contribution < 1.29 is 4.79 Å². The van der Waals surface area contributed by atoms with Gasteiger partial charge in [0.15, 0.2) is 0 Å². The van der Waals surface area contributed by atoms with Gasteiger partial charge in [-0.2, -0.15) is 11.8 Å². The molecule has 15 heavy (non-hydrogen) atoms. The number of thioether (sulfide) groups is 1. The Morgan fingerprint density at radius 1 is 1.67 bits per heavy atom. The molecule has 1 heterocycles. The van der Waals surface area contributed by atoms with E-state index in [-0.39, 0.29) is 5.92 Å². The molecule has 0 aromatic carbocycles. The molecule has 1 amide bonds. The predicted molar refractivity (Wildman–Crippen MR) is 66.2 cm³/mol. The van der Waals surface area contributed by atoms with Crippen LogP contribution in [-0.2, 0) is 4.79 Å². The minimum atomic E-state index is 0.107. The van der Waals surface area contributed by atoms with Gasteiger partial charge < -0.3 is 10.2 Å². The van der Waals surface area contributed by atoms with E-state index >= 15 is 0 Å². The molecule has 0 spiro atoms. The van der Waals surface area contributed by atoms with E-state index in [9.17, 15) is 4.79 Å². The molecule has 3 nitrogen and oxygen atoms in total. The number of carbonyl (C=O) groups is 1. The third-order valence-electron chi connectivity index (χ3n) is 2.84. The molecule has 1 aliphatic heterocycles. The molecule has 0 bridgehead atoms. The normalized spacial score (nSPS) is 23.9. The largest absolute Gasteiger partial charge is 0.340 e. The van der Waals surface area contributed by atoms with Crippen molar-refractivity contribution in [2.75, 3.05) is 32.4 Å². The Labute approximate surface area is 97.0 Å². The minimum absolute atomic E-state index is 0.107. The third-order valence-corrected chi connectivity index (χ3v) is 4.21. The summed E-state index contributed by atoms with van der Waals surface area (Å²) in [6.07, 6.45) is 1.16. The SMILES string of the molecule is CCC1CN(C(=O)C(C)CNC)CCS1. The van der Waals surface area contributed by atoms with E-state index in [0.29, 0.717) is 11.2 Å². The summed E-state index contributed by atoms with van der Waals surface area (Å²) in [5.74, 6) is 1.51. The van der Waals surface area contributed by atoms with Gasteiger partial charge in [-0.05, 0) is 13.5 Å². The molecular weight excluding hydrogens is 208 g/mol. The van der Waals surface area contributed by atoms with Gasteiger partial charge in [-0.1, -0.05) is 13.8 Å². The first-order valence-electron chi connectivity index (χ1n) is 5.74. The van der Waals surface area contributed by atoms with E-state index < -0.39 is 0 Å². The van der Waals surface area contributed by atoms with Gasteiger partial charge in [-0.25, -0.2) is 0 Å². The summed E-state index contributed by atoms with van der Waals surface area (Å²) in [6.45, 7) is 6.84. The summed E-state index contributed by atoms with van der Waals surface area (Å²) in [6, 6.07) is 0. The lowest BCUT2D eigenvalue weighted by molar-refractivity contribution is -0.134. The van der Waals surface area contributed by atoms with Crippen LogP contribution in [0.5, 0.6) is 0 Å². The Bertz CT molecular complexity index is 211. The zero-order valence-electron chi connectivity index (χ0n) is 9.95. The van der Waals surface area contributed by atoms with Crippen molar-refractivity contribution in [1.82, 2.24) is 10.2 Å². The number of hydrogen-bond acceptors (Lipinski definition) is 3.